The molecule has 0 saturated heterocycles. The van der Waals surface area contributed by atoms with Crippen LogP contribution in [0.25, 0.3) is 5.65 Å². The van der Waals surface area contributed by atoms with E-state index in [9.17, 15) is 4.79 Å². The molecule has 2 aromatic rings. The Bertz CT molecular complexity index is 588. The average Bonchev–Trinajstić information content (AvgIpc) is 2.69. The predicted octanol–water partition coefficient (Wildman–Crippen LogP) is -0.457. The van der Waals surface area contributed by atoms with Crippen LogP contribution in [0.2, 0.25) is 0 Å². The number of aliphatic hydroxyl groups is 1. The van der Waals surface area contributed by atoms with E-state index >= 15 is 0 Å². The summed E-state index contributed by atoms with van der Waals surface area (Å²) in [7, 11) is 1.84. The number of aromatic nitrogens is 4. The van der Waals surface area contributed by atoms with Gasteiger partial charge in [-0.1, -0.05) is 0 Å². The van der Waals surface area contributed by atoms with Crippen LogP contribution in [0.15, 0.2) is 10.9 Å². The molecule has 7 nitrogen and oxygen atoms in total. The first-order chi connectivity index (χ1) is 8.04. The summed E-state index contributed by atoms with van der Waals surface area (Å²) in [5.74, 6) is 1.24. The van der Waals surface area contributed by atoms with Crippen LogP contribution in [0.1, 0.15) is 12.7 Å². The molecule has 2 heterocycles. The van der Waals surface area contributed by atoms with Crippen molar-refractivity contribution in [3.63, 3.8) is 0 Å². The number of H-pyrrole nitrogens is 1. The van der Waals surface area contributed by atoms with Gasteiger partial charge in [0.25, 0.3) is 0 Å². The van der Waals surface area contributed by atoms with Gasteiger partial charge in [-0.3, -0.25) is 0 Å². The van der Waals surface area contributed by atoms with Gasteiger partial charge in [-0.2, -0.15) is 5.10 Å². The summed E-state index contributed by atoms with van der Waals surface area (Å²) in [5, 5.41) is 15.4. The molecule has 0 aliphatic carbocycles. The molecule has 0 aromatic carbocycles. The molecule has 2 N–H and O–H groups in total. The molecule has 0 aliphatic rings. The van der Waals surface area contributed by atoms with Gasteiger partial charge in [0.05, 0.1) is 12.6 Å². The average molecular weight is 237 g/mol. The fraction of sp³-hybridized carbons (Fsp3) is 0.500. The third-order valence-corrected chi connectivity index (χ3v) is 2.84. The molecular weight excluding hydrogens is 222 g/mol. The van der Waals surface area contributed by atoms with Gasteiger partial charge in [0.1, 0.15) is 11.6 Å². The second-order valence-corrected chi connectivity index (χ2v) is 4.03. The first-order valence-electron chi connectivity index (χ1n) is 5.33. The third-order valence-electron chi connectivity index (χ3n) is 2.84. The molecule has 0 radical (unpaired) electrons. The highest BCUT2D eigenvalue weighted by Gasteiger charge is 2.13. The van der Waals surface area contributed by atoms with Crippen molar-refractivity contribution in [2.24, 2.45) is 0 Å². The van der Waals surface area contributed by atoms with Crippen molar-refractivity contribution in [2.75, 3.05) is 18.6 Å². The number of aromatic amines is 1. The molecule has 0 spiro atoms. The van der Waals surface area contributed by atoms with Crippen LogP contribution < -0.4 is 10.6 Å². The van der Waals surface area contributed by atoms with Crippen LogP contribution in [-0.2, 0) is 0 Å². The summed E-state index contributed by atoms with van der Waals surface area (Å²) >= 11 is 0. The Labute approximate surface area is 97.7 Å². The van der Waals surface area contributed by atoms with Crippen molar-refractivity contribution in [3.05, 3.63) is 22.4 Å². The van der Waals surface area contributed by atoms with Crippen LogP contribution in [0, 0.1) is 6.92 Å². The van der Waals surface area contributed by atoms with Crippen LogP contribution in [0.5, 0.6) is 0 Å². The molecule has 1 unspecified atom stereocenters. The fourth-order valence-corrected chi connectivity index (χ4v) is 1.61. The maximum absolute atomic E-state index is 11.4. The Morgan fingerprint density at radius 2 is 2.35 bits per heavy atom. The summed E-state index contributed by atoms with van der Waals surface area (Å²) < 4.78 is 1.40. The lowest BCUT2D eigenvalue weighted by Crippen LogP contribution is -2.33. The Morgan fingerprint density at radius 3 is 3.00 bits per heavy atom. The van der Waals surface area contributed by atoms with Gasteiger partial charge in [0, 0.05) is 13.1 Å². The second kappa shape index (κ2) is 4.17. The molecule has 2 rings (SSSR count). The largest absolute Gasteiger partial charge is 0.394 e. The Hall–Kier alpha value is -1.89. The summed E-state index contributed by atoms with van der Waals surface area (Å²) in [6, 6.07) is 1.66. The second-order valence-electron chi connectivity index (χ2n) is 4.03. The monoisotopic (exact) mass is 237 g/mol. The Balaban J connectivity index is 2.54. The third kappa shape index (κ3) is 1.89. The number of fused-ring (bicyclic) bond motifs is 1. The number of hydrogen-bond acceptors (Lipinski definition) is 5. The number of likely N-dealkylation sites (N-methyl/N-ethyl adjacent to an activating group) is 1. The van der Waals surface area contributed by atoms with Crippen molar-refractivity contribution in [3.8, 4) is 0 Å². The summed E-state index contributed by atoms with van der Waals surface area (Å²) in [6.45, 7) is 3.67. The van der Waals surface area contributed by atoms with Crippen molar-refractivity contribution >= 4 is 11.5 Å². The molecule has 2 aromatic heterocycles. The normalized spacial score (nSPS) is 12.9. The van der Waals surface area contributed by atoms with Gasteiger partial charge in [-0.25, -0.2) is 19.3 Å². The number of nitrogens with one attached hydrogen (secondary N) is 1. The fourth-order valence-electron chi connectivity index (χ4n) is 1.61. The number of aryl methyl sites for hydroxylation is 1. The van der Waals surface area contributed by atoms with E-state index in [1.165, 1.54) is 4.40 Å². The minimum atomic E-state index is -0.297. The highest BCUT2D eigenvalue weighted by atomic mass is 16.3. The Morgan fingerprint density at radius 1 is 1.65 bits per heavy atom. The topological polar surface area (TPSA) is 86.5 Å². The first-order valence-corrected chi connectivity index (χ1v) is 5.33. The van der Waals surface area contributed by atoms with Gasteiger partial charge >= 0.3 is 5.69 Å². The van der Waals surface area contributed by atoms with E-state index in [4.69, 9.17) is 5.11 Å². The number of hydrogen-bond donors (Lipinski definition) is 2. The lowest BCUT2D eigenvalue weighted by molar-refractivity contribution is 0.269. The molecule has 1 atom stereocenters. The lowest BCUT2D eigenvalue weighted by atomic mass is 10.3. The van der Waals surface area contributed by atoms with Crippen LogP contribution in [0.3, 0.4) is 0 Å². The first kappa shape index (κ1) is 11.6. The SMILES string of the molecule is Cc1nc(N(C)C(C)CO)cc2n[nH]c(=O)n12. The molecule has 7 heteroatoms. The standard InChI is InChI=1S/C10H15N5O2/c1-6(5-16)14(3)8-4-9-12-13-10(17)15(9)7(2)11-8/h4,6,16H,5H2,1-3H3,(H,13,17). The van der Waals surface area contributed by atoms with Crippen LogP contribution >= 0.6 is 0 Å². The molecule has 92 valence electrons. The van der Waals surface area contributed by atoms with Crippen molar-refractivity contribution in [2.45, 2.75) is 19.9 Å². The van der Waals surface area contributed by atoms with Crippen molar-refractivity contribution in [1.82, 2.24) is 19.6 Å². The van der Waals surface area contributed by atoms with Crippen molar-refractivity contribution in [1.29, 1.82) is 0 Å². The van der Waals surface area contributed by atoms with E-state index < -0.39 is 0 Å². The maximum atomic E-state index is 11.4. The highest BCUT2D eigenvalue weighted by Crippen LogP contribution is 2.14. The molecule has 0 aliphatic heterocycles. The number of nitrogens with zero attached hydrogens (tertiary/aromatic N) is 4. The van der Waals surface area contributed by atoms with E-state index in [-0.39, 0.29) is 18.3 Å². The zero-order chi connectivity index (χ0) is 12.6. The Kier molecular flexibility index (Phi) is 2.84. The lowest BCUT2D eigenvalue weighted by Gasteiger charge is -2.24. The van der Waals surface area contributed by atoms with Gasteiger partial charge in [0.15, 0.2) is 5.65 Å². The predicted molar refractivity (Wildman–Crippen MR) is 63.3 cm³/mol. The van der Waals surface area contributed by atoms with E-state index in [0.717, 1.165) is 0 Å². The quantitative estimate of drug-likeness (QED) is 0.754. The molecular formula is C10H15N5O2. The minimum Gasteiger partial charge on any atom is -0.394 e. The van der Waals surface area contributed by atoms with E-state index in [1.807, 2.05) is 18.9 Å². The van der Waals surface area contributed by atoms with Gasteiger partial charge in [-0.15, -0.1) is 0 Å². The van der Waals surface area contributed by atoms with E-state index in [0.29, 0.717) is 17.3 Å². The molecule has 0 bridgehead atoms. The van der Waals surface area contributed by atoms with Gasteiger partial charge < -0.3 is 10.0 Å². The smallest absolute Gasteiger partial charge is 0.349 e. The van der Waals surface area contributed by atoms with Gasteiger partial charge in [0.2, 0.25) is 0 Å². The summed E-state index contributed by atoms with van der Waals surface area (Å²) in [4.78, 5) is 17.6. The molecule has 17 heavy (non-hydrogen) atoms. The number of rotatable bonds is 3. The van der Waals surface area contributed by atoms with Crippen molar-refractivity contribution < 1.29 is 5.11 Å². The number of aliphatic hydroxyl groups excluding tert-OH is 1. The van der Waals surface area contributed by atoms with Gasteiger partial charge in [-0.05, 0) is 13.8 Å². The number of anilines is 1. The van der Waals surface area contributed by atoms with E-state index in [2.05, 4.69) is 15.2 Å². The highest BCUT2D eigenvalue weighted by molar-refractivity contribution is 5.51. The molecule has 0 fully saturated rings. The summed E-state index contributed by atoms with van der Waals surface area (Å²) in [5.41, 5.74) is 0.226. The van der Waals surface area contributed by atoms with Crippen LogP contribution in [0.4, 0.5) is 5.82 Å². The van der Waals surface area contributed by atoms with Crippen LogP contribution in [-0.4, -0.2) is 44.4 Å². The van der Waals surface area contributed by atoms with E-state index in [1.54, 1.807) is 13.0 Å². The zero-order valence-electron chi connectivity index (χ0n) is 10.0. The maximum Gasteiger partial charge on any atom is 0.349 e. The molecule has 0 amide bonds. The molecule has 0 saturated carbocycles. The zero-order valence-corrected chi connectivity index (χ0v) is 10.0. The minimum absolute atomic E-state index is 0.0375. The summed E-state index contributed by atoms with van der Waals surface area (Å²) in [6.07, 6.45) is 0.